The Balaban J connectivity index is 1.49. The van der Waals surface area contributed by atoms with Crippen LogP contribution < -0.4 is 24.8 Å². The van der Waals surface area contributed by atoms with Crippen LogP contribution in [0.5, 0.6) is 17.2 Å². The van der Waals surface area contributed by atoms with Gasteiger partial charge in [0.2, 0.25) is 6.79 Å². The summed E-state index contributed by atoms with van der Waals surface area (Å²) >= 11 is 5.29. The number of hydrogen-bond donors (Lipinski definition) is 3. The van der Waals surface area contributed by atoms with Crippen molar-refractivity contribution in [1.82, 2.24) is 5.32 Å². The molecule has 8 nitrogen and oxygen atoms in total. The molecule has 1 aromatic heterocycles. The van der Waals surface area contributed by atoms with E-state index in [0.29, 0.717) is 40.0 Å². The molecule has 0 fully saturated rings. The normalized spacial score (nSPS) is 11.8. The van der Waals surface area contributed by atoms with Crippen LogP contribution in [0.4, 0.5) is 5.69 Å². The molecule has 2 aromatic carbocycles. The number of carbonyl (C=O) groups is 1. The lowest BCUT2D eigenvalue weighted by Gasteiger charge is -2.14. The molecule has 3 aromatic rings. The van der Waals surface area contributed by atoms with Crippen molar-refractivity contribution in [2.75, 3.05) is 19.2 Å². The van der Waals surface area contributed by atoms with Crippen molar-refractivity contribution < 1.29 is 28.5 Å². The van der Waals surface area contributed by atoms with Gasteiger partial charge in [-0.25, -0.2) is 0 Å². The summed E-state index contributed by atoms with van der Waals surface area (Å²) in [4.78, 5) is 12.5. The number of amides is 1. The maximum atomic E-state index is 12.5. The van der Waals surface area contributed by atoms with Gasteiger partial charge in [0.15, 0.2) is 16.6 Å². The number of rotatable bonds is 5. The molecule has 0 saturated carbocycles. The average molecular weight is 426 g/mol. The van der Waals surface area contributed by atoms with E-state index in [1.165, 1.54) is 7.11 Å². The summed E-state index contributed by atoms with van der Waals surface area (Å²) in [5.41, 5.74) is 1.69. The second kappa shape index (κ2) is 8.44. The zero-order valence-electron chi connectivity index (χ0n) is 15.9. The molecular formula is C21H18N2O6S. The maximum absolute atomic E-state index is 12.5. The Morgan fingerprint density at radius 1 is 1.13 bits per heavy atom. The molecular weight excluding hydrogens is 408 g/mol. The molecule has 3 N–H and O–H groups in total. The highest BCUT2D eigenvalue weighted by atomic mass is 32.1. The number of ether oxygens (including phenoxy) is 3. The molecule has 9 heteroatoms. The van der Waals surface area contributed by atoms with E-state index in [0.717, 1.165) is 5.56 Å². The van der Waals surface area contributed by atoms with Gasteiger partial charge in [0.1, 0.15) is 23.9 Å². The van der Waals surface area contributed by atoms with Gasteiger partial charge < -0.3 is 29.1 Å². The topological polar surface area (TPSA) is 102 Å². The highest BCUT2D eigenvalue weighted by molar-refractivity contribution is 7.80. The number of methoxy groups -OCH3 is 1. The minimum Gasteiger partial charge on any atom is -0.495 e. The zero-order valence-corrected chi connectivity index (χ0v) is 16.7. The first-order valence-corrected chi connectivity index (χ1v) is 9.38. The standard InChI is InChI=1S/C21H18N2O6S/c1-26-17-5-2-12(16-7-4-14(10-24)29-16)8-15(17)22-21(30)23-20(25)13-3-6-18-19(9-13)28-11-27-18/h2-9,24H,10-11H2,1H3,(H2,22,23,25,30). The van der Waals surface area contributed by atoms with Gasteiger partial charge in [-0.2, -0.15) is 0 Å². The van der Waals surface area contributed by atoms with Crippen LogP contribution in [0.1, 0.15) is 16.1 Å². The molecule has 0 spiro atoms. The lowest BCUT2D eigenvalue weighted by molar-refractivity contribution is 0.0977. The number of fused-ring (bicyclic) bond motifs is 1. The van der Waals surface area contributed by atoms with Gasteiger partial charge in [-0.15, -0.1) is 0 Å². The Hall–Kier alpha value is -3.56. The number of benzene rings is 2. The predicted octanol–water partition coefficient (Wildman–Crippen LogP) is 3.30. The lowest BCUT2D eigenvalue weighted by atomic mass is 10.1. The summed E-state index contributed by atoms with van der Waals surface area (Å²) < 4.78 is 21.5. The van der Waals surface area contributed by atoms with E-state index in [1.807, 2.05) is 6.07 Å². The van der Waals surface area contributed by atoms with E-state index < -0.39 is 0 Å². The quantitative estimate of drug-likeness (QED) is 0.534. The van der Waals surface area contributed by atoms with Crippen molar-refractivity contribution in [3.63, 3.8) is 0 Å². The van der Waals surface area contributed by atoms with Crippen LogP contribution in [-0.2, 0) is 6.61 Å². The van der Waals surface area contributed by atoms with Crippen LogP contribution in [0.3, 0.4) is 0 Å². The summed E-state index contributed by atoms with van der Waals surface area (Å²) in [5, 5.41) is 14.9. The monoisotopic (exact) mass is 426 g/mol. The number of anilines is 1. The summed E-state index contributed by atoms with van der Waals surface area (Å²) in [6.07, 6.45) is 0. The van der Waals surface area contributed by atoms with Gasteiger partial charge in [-0.05, 0) is 60.7 Å². The van der Waals surface area contributed by atoms with Gasteiger partial charge in [0, 0.05) is 11.1 Å². The molecule has 1 aliphatic heterocycles. The van der Waals surface area contributed by atoms with Crippen LogP contribution in [0.15, 0.2) is 52.9 Å². The van der Waals surface area contributed by atoms with Crippen molar-refractivity contribution in [3.8, 4) is 28.6 Å². The number of nitrogens with one attached hydrogen (secondary N) is 2. The van der Waals surface area contributed by atoms with E-state index in [9.17, 15) is 9.90 Å². The fourth-order valence-electron chi connectivity index (χ4n) is 2.94. The fraction of sp³-hybridized carbons (Fsp3) is 0.143. The Morgan fingerprint density at radius 2 is 1.97 bits per heavy atom. The predicted molar refractivity (Wildman–Crippen MR) is 113 cm³/mol. The molecule has 154 valence electrons. The van der Waals surface area contributed by atoms with Gasteiger partial charge >= 0.3 is 0 Å². The lowest BCUT2D eigenvalue weighted by Crippen LogP contribution is -2.34. The Morgan fingerprint density at radius 3 is 2.73 bits per heavy atom. The molecule has 0 unspecified atom stereocenters. The third-order valence-electron chi connectivity index (χ3n) is 4.41. The number of thiocarbonyl (C=S) groups is 1. The van der Waals surface area contributed by atoms with E-state index in [1.54, 1.807) is 42.5 Å². The summed E-state index contributed by atoms with van der Waals surface area (Å²) in [7, 11) is 1.53. The van der Waals surface area contributed by atoms with Gasteiger partial charge in [0.25, 0.3) is 5.91 Å². The molecule has 1 amide bonds. The van der Waals surface area contributed by atoms with E-state index in [-0.39, 0.29) is 24.4 Å². The van der Waals surface area contributed by atoms with Crippen molar-refractivity contribution in [1.29, 1.82) is 0 Å². The zero-order chi connectivity index (χ0) is 21.1. The SMILES string of the molecule is COc1ccc(-c2ccc(CO)o2)cc1NC(=S)NC(=O)c1ccc2c(c1)OCO2. The Bertz CT molecular complexity index is 1110. The van der Waals surface area contributed by atoms with Crippen LogP contribution in [0, 0.1) is 0 Å². The number of hydrogen-bond acceptors (Lipinski definition) is 7. The molecule has 4 rings (SSSR count). The molecule has 0 radical (unpaired) electrons. The molecule has 1 aliphatic rings. The number of carbonyl (C=O) groups excluding carboxylic acids is 1. The van der Waals surface area contributed by atoms with Crippen LogP contribution in [0.2, 0.25) is 0 Å². The third kappa shape index (κ3) is 4.07. The molecule has 0 atom stereocenters. The maximum Gasteiger partial charge on any atom is 0.257 e. The van der Waals surface area contributed by atoms with E-state index in [4.69, 9.17) is 30.8 Å². The van der Waals surface area contributed by atoms with Gasteiger partial charge in [-0.3, -0.25) is 10.1 Å². The molecule has 2 heterocycles. The smallest absolute Gasteiger partial charge is 0.257 e. The molecule has 0 aliphatic carbocycles. The largest absolute Gasteiger partial charge is 0.495 e. The second-order valence-electron chi connectivity index (χ2n) is 6.32. The van der Waals surface area contributed by atoms with E-state index in [2.05, 4.69) is 10.6 Å². The first-order valence-electron chi connectivity index (χ1n) is 8.97. The summed E-state index contributed by atoms with van der Waals surface area (Å²) in [6, 6.07) is 13.7. The Labute approximate surface area is 177 Å². The summed E-state index contributed by atoms with van der Waals surface area (Å²) in [6.45, 7) is -0.0524. The molecule has 0 saturated heterocycles. The highest BCUT2D eigenvalue weighted by Crippen LogP contribution is 2.33. The average Bonchev–Trinajstić information content (AvgIpc) is 3.42. The van der Waals surface area contributed by atoms with E-state index >= 15 is 0 Å². The second-order valence-corrected chi connectivity index (χ2v) is 6.72. The van der Waals surface area contributed by atoms with Crippen LogP contribution >= 0.6 is 12.2 Å². The minimum atomic E-state index is -0.389. The fourth-order valence-corrected chi connectivity index (χ4v) is 3.15. The first kappa shape index (κ1) is 19.7. The van der Waals surface area contributed by atoms with Crippen molar-refractivity contribution in [3.05, 3.63) is 59.9 Å². The third-order valence-corrected chi connectivity index (χ3v) is 4.62. The Kier molecular flexibility index (Phi) is 5.55. The number of aliphatic hydroxyl groups is 1. The highest BCUT2D eigenvalue weighted by Gasteiger charge is 2.17. The molecule has 30 heavy (non-hydrogen) atoms. The number of aliphatic hydroxyl groups excluding tert-OH is 1. The van der Waals surface area contributed by atoms with Crippen LogP contribution in [0.25, 0.3) is 11.3 Å². The molecule has 0 bridgehead atoms. The summed E-state index contributed by atoms with van der Waals surface area (Å²) in [5.74, 6) is 2.29. The van der Waals surface area contributed by atoms with Crippen molar-refractivity contribution in [2.45, 2.75) is 6.61 Å². The van der Waals surface area contributed by atoms with Crippen LogP contribution in [-0.4, -0.2) is 30.0 Å². The first-order chi connectivity index (χ1) is 14.6. The minimum absolute atomic E-state index is 0.101. The number of furan rings is 1. The van der Waals surface area contributed by atoms with Crippen molar-refractivity contribution >= 4 is 28.9 Å². The van der Waals surface area contributed by atoms with Crippen molar-refractivity contribution in [2.24, 2.45) is 0 Å². The van der Waals surface area contributed by atoms with Gasteiger partial charge in [-0.1, -0.05) is 0 Å². The van der Waals surface area contributed by atoms with Gasteiger partial charge in [0.05, 0.1) is 12.8 Å².